The second-order valence-electron chi connectivity index (χ2n) is 6.12. The molecule has 0 aliphatic heterocycles. The molecule has 0 heterocycles. The van der Waals surface area contributed by atoms with E-state index in [-0.39, 0.29) is 0 Å². The molecule has 0 saturated heterocycles. The van der Waals surface area contributed by atoms with Crippen molar-refractivity contribution >= 4 is 37.7 Å². The molecule has 0 aromatic heterocycles. The zero-order chi connectivity index (χ0) is 17.0. The van der Waals surface area contributed by atoms with E-state index in [4.69, 9.17) is 3.42 Å². The Morgan fingerprint density at radius 2 is 0.917 bits per heavy atom. The second kappa shape index (κ2) is 6.98. The molecule has 0 amide bonds. The van der Waals surface area contributed by atoms with Gasteiger partial charge in [-0.15, -0.1) is 0 Å². The van der Waals surface area contributed by atoms with Crippen molar-refractivity contribution in [3.8, 4) is 0 Å². The average Bonchev–Trinajstić information content (AvgIpc) is 2.61. The minimum atomic E-state index is -3.39. The van der Waals surface area contributed by atoms with E-state index in [0.29, 0.717) is 0 Å². The molecule has 3 aromatic carbocycles. The minimum absolute atomic E-state index is 1.12. The Balaban J connectivity index is 2.35. The molecule has 0 aliphatic rings. The maximum atomic E-state index is 12.8. The molecule has 24 heavy (non-hydrogen) atoms. The number of benzene rings is 3. The van der Waals surface area contributed by atoms with Crippen LogP contribution >= 0.6 is 0 Å². The molecule has 0 aliphatic carbocycles. The van der Waals surface area contributed by atoms with E-state index in [9.17, 15) is 3.74 Å². The van der Waals surface area contributed by atoms with Gasteiger partial charge < -0.3 is 0 Å². The summed E-state index contributed by atoms with van der Waals surface area (Å²) in [6.07, 6.45) is 0. The van der Waals surface area contributed by atoms with Crippen molar-refractivity contribution in [3.63, 3.8) is 0 Å². The first-order chi connectivity index (χ1) is 11.5. The molecule has 3 aromatic rings. The molecule has 0 fully saturated rings. The molecule has 3 rings (SSSR count). The third-order valence-corrected chi connectivity index (χ3v) is 12.5. The van der Waals surface area contributed by atoms with Crippen LogP contribution in [0.2, 0.25) is 11.4 Å². The second-order valence-corrected chi connectivity index (χ2v) is 15.8. The Hall–Kier alpha value is -1.80. The molecular formula is C20H21AsO2Si. The van der Waals surface area contributed by atoms with Gasteiger partial charge in [0.05, 0.1) is 0 Å². The molecule has 0 bridgehead atoms. The Labute approximate surface area is 147 Å². The van der Waals surface area contributed by atoms with Crippen LogP contribution in [-0.4, -0.2) is 22.1 Å². The van der Waals surface area contributed by atoms with Gasteiger partial charge in [0.25, 0.3) is 0 Å². The van der Waals surface area contributed by atoms with Gasteiger partial charge in [-0.25, -0.2) is 0 Å². The SMILES string of the molecule is C[As](C)(=O)O[Si](c1ccccc1)(c1ccccc1)c1ccccc1. The Kier molecular flexibility index (Phi) is 4.95. The van der Waals surface area contributed by atoms with Gasteiger partial charge in [-0.2, -0.15) is 0 Å². The first-order valence-electron chi connectivity index (χ1n) is 7.95. The van der Waals surface area contributed by atoms with Gasteiger partial charge in [0.15, 0.2) is 0 Å². The van der Waals surface area contributed by atoms with Crippen LogP contribution in [0, 0.1) is 0 Å². The Bertz CT molecular complexity index is 733. The van der Waals surface area contributed by atoms with Gasteiger partial charge in [-0.1, -0.05) is 0 Å². The fourth-order valence-electron chi connectivity index (χ4n) is 3.01. The third kappa shape index (κ3) is 3.49. The number of hydrogen-bond acceptors (Lipinski definition) is 2. The molecular weight excluding hydrogens is 375 g/mol. The molecule has 122 valence electrons. The van der Waals surface area contributed by atoms with Crippen molar-refractivity contribution in [1.82, 2.24) is 0 Å². The maximum absolute atomic E-state index is 12.8. The summed E-state index contributed by atoms with van der Waals surface area (Å²) in [5.74, 6) is 0. The Morgan fingerprint density at radius 1 is 0.625 bits per heavy atom. The topological polar surface area (TPSA) is 26.3 Å². The zero-order valence-electron chi connectivity index (χ0n) is 13.9. The van der Waals surface area contributed by atoms with Crippen LogP contribution in [0.1, 0.15) is 0 Å². The van der Waals surface area contributed by atoms with E-state index in [1.807, 2.05) is 54.6 Å². The van der Waals surface area contributed by atoms with Gasteiger partial charge in [0.2, 0.25) is 0 Å². The molecule has 0 N–H and O–H groups in total. The molecule has 0 spiro atoms. The van der Waals surface area contributed by atoms with Crippen molar-refractivity contribution in [1.29, 1.82) is 0 Å². The standard InChI is InChI=1S/C20H21AsO2Si/c1-21(2,22)23-24(18-12-6-3-7-13-18,19-14-8-4-9-15-19)20-16-10-5-11-17-20/h3-17H,1-2H3. The van der Waals surface area contributed by atoms with Crippen LogP contribution in [0.15, 0.2) is 91.0 Å². The predicted octanol–water partition coefficient (Wildman–Crippen LogP) is 2.80. The van der Waals surface area contributed by atoms with E-state index in [0.717, 1.165) is 15.6 Å². The quantitative estimate of drug-likeness (QED) is 0.490. The fraction of sp³-hybridized carbons (Fsp3) is 0.100. The first kappa shape index (κ1) is 17.0. The summed E-state index contributed by atoms with van der Waals surface area (Å²) in [5, 5.41) is 3.35. The van der Waals surface area contributed by atoms with Crippen LogP contribution < -0.4 is 15.6 Å². The van der Waals surface area contributed by atoms with Crippen LogP contribution in [0.3, 0.4) is 0 Å². The van der Waals surface area contributed by atoms with E-state index in [1.54, 1.807) is 11.4 Å². The van der Waals surface area contributed by atoms with Crippen molar-refractivity contribution < 1.29 is 7.15 Å². The summed E-state index contributed by atoms with van der Waals surface area (Å²) in [4.78, 5) is 0. The summed E-state index contributed by atoms with van der Waals surface area (Å²) in [5.41, 5.74) is 3.52. The van der Waals surface area contributed by atoms with Crippen molar-refractivity contribution in [2.45, 2.75) is 11.4 Å². The van der Waals surface area contributed by atoms with Crippen LogP contribution in [-0.2, 0) is 7.15 Å². The summed E-state index contributed by atoms with van der Waals surface area (Å²) < 4.78 is 19.4. The molecule has 0 unspecified atom stereocenters. The van der Waals surface area contributed by atoms with Gasteiger partial charge in [-0.05, 0) is 0 Å². The summed E-state index contributed by atoms with van der Waals surface area (Å²) in [6.45, 7) is 0. The normalized spacial score (nSPS) is 12.1. The molecule has 0 saturated carbocycles. The monoisotopic (exact) mass is 396 g/mol. The van der Waals surface area contributed by atoms with E-state index < -0.39 is 22.1 Å². The molecule has 2 nitrogen and oxygen atoms in total. The van der Waals surface area contributed by atoms with Crippen molar-refractivity contribution in [2.24, 2.45) is 0 Å². The number of hydrogen-bond donors (Lipinski definition) is 0. The van der Waals surface area contributed by atoms with Crippen LogP contribution in [0.25, 0.3) is 0 Å². The van der Waals surface area contributed by atoms with E-state index in [1.165, 1.54) is 0 Å². The van der Waals surface area contributed by atoms with Crippen LogP contribution in [0.4, 0.5) is 0 Å². The zero-order valence-corrected chi connectivity index (χ0v) is 16.8. The Morgan fingerprint density at radius 3 is 1.17 bits per heavy atom. The number of rotatable bonds is 5. The third-order valence-electron chi connectivity index (χ3n) is 3.90. The summed E-state index contributed by atoms with van der Waals surface area (Å²) in [7, 11) is -2.80. The molecule has 4 heteroatoms. The fourth-order valence-corrected chi connectivity index (χ4v) is 13.1. The van der Waals surface area contributed by atoms with Gasteiger partial charge in [0.1, 0.15) is 0 Å². The van der Waals surface area contributed by atoms with E-state index >= 15 is 0 Å². The average molecular weight is 396 g/mol. The molecule has 0 radical (unpaired) electrons. The summed E-state index contributed by atoms with van der Waals surface area (Å²) in [6, 6.07) is 30.7. The van der Waals surface area contributed by atoms with Gasteiger partial charge in [-0.3, -0.25) is 0 Å². The first-order valence-corrected chi connectivity index (χ1v) is 15.1. The summed E-state index contributed by atoms with van der Waals surface area (Å²) >= 11 is -3.39. The van der Waals surface area contributed by atoms with Gasteiger partial charge >= 0.3 is 147 Å². The van der Waals surface area contributed by atoms with Crippen molar-refractivity contribution in [2.75, 3.05) is 0 Å². The van der Waals surface area contributed by atoms with Crippen LogP contribution in [0.5, 0.6) is 0 Å². The van der Waals surface area contributed by atoms with E-state index in [2.05, 4.69) is 36.4 Å². The predicted molar refractivity (Wildman–Crippen MR) is 103 cm³/mol. The van der Waals surface area contributed by atoms with Gasteiger partial charge in [0, 0.05) is 0 Å². The molecule has 0 atom stereocenters. The van der Waals surface area contributed by atoms with Crippen molar-refractivity contribution in [3.05, 3.63) is 91.0 Å².